The van der Waals surface area contributed by atoms with Crippen molar-refractivity contribution in [2.24, 2.45) is 14.1 Å². The van der Waals surface area contributed by atoms with Crippen molar-refractivity contribution in [1.29, 1.82) is 0 Å². The number of carbonyl (C=O) groups excluding carboxylic acids is 2. The maximum absolute atomic E-state index is 12.5. The molecule has 7 aromatic heterocycles. The number of pyridine rings is 2. The second kappa shape index (κ2) is 19.1. The lowest BCUT2D eigenvalue weighted by atomic mass is 9.98. The van der Waals surface area contributed by atoms with Gasteiger partial charge < -0.3 is 26.0 Å². The molecule has 19 heteroatoms. The predicted molar refractivity (Wildman–Crippen MR) is 238 cm³/mol. The third kappa shape index (κ3) is 12.4. The lowest BCUT2D eigenvalue weighted by molar-refractivity contribution is 0.0522. The van der Waals surface area contributed by atoms with Gasteiger partial charge in [0.15, 0.2) is 0 Å². The first-order valence-electron chi connectivity index (χ1n) is 19.7. The normalized spacial score (nSPS) is 11.3. The summed E-state index contributed by atoms with van der Waals surface area (Å²) < 4.78 is 8.65. The van der Waals surface area contributed by atoms with Gasteiger partial charge in [-0.2, -0.15) is 10.2 Å². The molecule has 0 radical (unpaired) electrons. The molecule has 0 aromatic carbocycles. The molecule has 0 atom stereocenters. The zero-order valence-corrected chi connectivity index (χ0v) is 37.3. The number of hydrogen-bond acceptors (Lipinski definition) is 15. The molecule has 0 saturated heterocycles. The van der Waals surface area contributed by atoms with Gasteiger partial charge in [-0.15, -0.1) is 11.3 Å². The fourth-order valence-corrected chi connectivity index (χ4v) is 6.58. The highest BCUT2D eigenvalue weighted by Crippen LogP contribution is 2.27. The number of rotatable bonds is 11. The summed E-state index contributed by atoms with van der Waals surface area (Å²) in [4.78, 5) is 56.0. The van der Waals surface area contributed by atoms with Gasteiger partial charge in [-0.25, -0.2) is 29.7 Å². The Morgan fingerprint density at radius 2 is 1.18 bits per heavy atom. The van der Waals surface area contributed by atoms with Crippen molar-refractivity contribution in [3.63, 3.8) is 0 Å². The van der Waals surface area contributed by atoms with Gasteiger partial charge in [-0.05, 0) is 70.0 Å². The number of amides is 2. The molecule has 0 saturated carbocycles. The summed E-state index contributed by atoms with van der Waals surface area (Å²) in [5.41, 5.74) is 7.71. The number of alkyl carbamates (subject to hydrolysis) is 1. The summed E-state index contributed by atoms with van der Waals surface area (Å²) in [6, 6.07) is 7.65. The van der Waals surface area contributed by atoms with Crippen LogP contribution in [0.3, 0.4) is 0 Å². The standard InChI is InChI=1S/C23H26N8OS.C20H25N7O2/c1-14-8-15(17-6-7-24-22(30-17)29-16-10-28-31(5)13-16)9-25-18(14)11-26-20(32)19-12-27-21(33-19)23(2,3)4;1-13-8-14(9-22-17(13)11-23-19(28)29-20(2,3)4)16-6-7-21-18(26-16)25-15-10-24-27(5)12-15/h6-10,12-13H,11H2,1-5H3,(H,26,32)(H,24,29,30);6-10,12H,11H2,1-5H3,(H,23,28)(H,21,25,26). The Bertz CT molecular complexity index is 2660. The minimum atomic E-state index is -0.537. The van der Waals surface area contributed by atoms with Crippen LogP contribution >= 0.6 is 11.3 Å². The van der Waals surface area contributed by atoms with E-state index in [-0.39, 0.29) is 11.3 Å². The van der Waals surface area contributed by atoms with E-state index >= 15 is 0 Å². The van der Waals surface area contributed by atoms with Crippen molar-refractivity contribution in [1.82, 2.24) is 65.1 Å². The highest BCUT2D eigenvalue weighted by molar-refractivity contribution is 7.13. The molecule has 0 aliphatic heterocycles. The summed E-state index contributed by atoms with van der Waals surface area (Å²) >= 11 is 1.42. The summed E-state index contributed by atoms with van der Waals surface area (Å²) in [7, 11) is 3.69. The Hall–Kier alpha value is -7.15. The van der Waals surface area contributed by atoms with Crippen LogP contribution < -0.4 is 21.3 Å². The lowest BCUT2D eigenvalue weighted by Crippen LogP contribution is -2.32. The van der Waals surface area contributed by atoms with Crippen LogP contribution in [0.25, 0.3) is 22.5 Å². The maximum Gasteiger partial charge on any atom is 0.407 e. The molecule has 62 heavy (non-hydrogen) atoms. The zero-order chi connectivity index (χ0) is 44.6. The molecule has 0 spiro atoms. The van der Waals surface area contributed by atoms with E-state index in [4.69, 9.17) is 4.74 Å². The van der Waals surface area contributed by atoms with E-state index in [1.165, 1.54) is 11.3 Å². The molecule has 0 bridgehead atoms. The van der Waals surface area contributed by atoms with Crippen LogP contribution in [-0.2, 0) is 37.3 Å². The molecule has 0 unspecified atom stereocenters. The Kier molecular flexibility index (Phi) is 13.6. The van der Waals surface area contributed by atoms with Crippen LogP contribution in [0.5, 0.6) is 0 Å². The van der Waals surface area contributed by atoms with Crippen molar-refractivity contribution >= 4 is 46.6 Å². The molecule has 7 heterocycles. The molecule has 7 rings (SSSR count). The lowest BCUT2D eigenvalue weighted by Gasteiger charge is -2.19. The van der Waals surface area contributed by atoms with Crippen molar-refractivity contribution in [3.05, 3.63) is 112 Å². The summed E-state index contributed by atoms with van der Waals surface area (Å²) in [5.74, 6) is 0.813. The van der Waals surface area contributed by atoms with Gasteiger partial charge in [0.25, 0.3) is 5.91 Å². The monoisotopic (exact) mass is 857 g/mol. The quantitative estimate of drug-likeness (QED) is 0.100. The first-order chi connectivity index (χ1) is 29.4. The molecule has 322 valence electrons. The SMILES string of the molecule is Cc1cc(-c2ccnc(Nc3cnn(C)c3)n2)cnc1CNC(=O)OC(C)(C)C.Cc1cc(-c2ccnc(Nc3cnn(C)c3)n2)cnc1CNC(=O)c1cnc(C(C)(C)C)s1. The molecule has 18 nitrogen and oxygen atoms in total. The molecule has 4 N–H and O–H groups in total. The first kappa shape index (κ1) is 44.4. The van der Waals surface area contributed by atoms with E-state index in [0.717, 1.165) is 61.4 Å². The number of aromatic nitrogens is 11. The van der Waals surface area contributed by atoms with Gasteiger partial charge in [-0.1, -0.05) is 20.8 Å². The largest absolute Gasteiger partial charge is 0.444 e. The number of nitrogens with zero attached hydrogens (tertiary/aromatic N) is 11. The third-order valence-electron chi connectivity index (χ3n) is 8.78. The van der Waals surface area contributed by atoms with E-state index in [2.05, 4.69) is 87.1 Å². The van der Waals surface area contributed by atoms with E-state index in [1.807, 2.05) is 85.4 Å². The predicted octanol–water partition coefficient (Wildman–Crippen LogP) is 7.36. The van der Waals surface area contributed by atoms with Gasteiger partial charge in [-0.3, -0.25) is 24.1 Å². The van der Waals surface area contributed by atoms with Crippen LogP contribution in [0.2, 0.25) is 0 Å². The number of hydrogen-bond donors (Lipinski definition) is 4. The molecule has 0 aliphatic carbocycles. The van der Waals surface area contributed by atoms with Crippen molar-refractivity contribution in [2.45, 2.75) is 79.5 Å². The highest BCUT2D eigenvalue weighted by Gasteiger charge is 2.21. The number of carbonyl (C=O) groups is 2. The Labute approximate surface area is 364 Å². The van der Waals surface area contributed by atoms with E-state index in [0.29, 0.717) is 29.9 Å². The Morgan fingerprint density at radius 1 is 0.677 bits per heavy atom. The fraction of sp³-hybridized carbons (Fsp3) is 0.326. The third-order valence-corrected chi connectivity index (χ3v) is 10.2. The van der Waals surface area contributed by atoms with Crippen molar-refractivity contribution in [3.8, 4) is 22.5 Å². The molecule has 2 amide bonds. The number of nitrogens with one attached hydrogen (secondary N) is 4. The Morgan fingerprint density at radius 3 is 1.60 bits per heavy atom. The minimum Gasteiger partial charge on any atom is -0.444 e. The average Bonchev–Trinajstić information content (AvgIpc) is 3.98. The number of ether oxygens (including phenoxy) is 1. The van der Waals surface area contributed by atoms with Crippen LogP contribution in [0.15, 0.2) is 80.0 Å². The maximum atomic E-state index is 12.5. The average molecular weight is 858 g/mol. The Balaban J connectivity index is 0.000000209. The van der Waals surface area contributed by atoms with Gasteiger partial charge in [0.1, 0.15) is 10.5 Å². The smallest absolute Gasteiger partial charge is 0.407 e. The van der Waals surface area contributed by atoms with E-state index in [9.17, 15) is 9.59 Å². The second-order valence-corrected chi connectivity index (χ2v) is 17.4. The summed E-state index contributed by atoms with van der Waals surface area (Å²) in [5, 5.41) is 21.1. The first-order valence-corrected chi connectivity index (χ1v) is 20.5. The van der Waals surface area contributed by atoms with Crippen molar-refractivity contribution < 1.29 is 14.3 Å². The molecule has 7 aromatic rings. The fourth-order valence-electron chi connectivity index (χ4n) is 5.69. The van der Waals surface area contributed by atoms with Crippen LogP contribution in [0.4, 0.5) is 28.1 Å². The van der Waals surface area contributed by atoms with Gasteiger partial charge in [0.05, 0.1) is 70.8 Å². The number of thiazole rings is 1. The van der Waals surface area contributed by atoms with Gasteiger partial charge >= 0.3 is 6.09 Å². The summed E-state index contributed by atoms with van der Waals surface area (Å²) in [6.07, 6.45) is 15.1. The van der Waals surface area contributed by atoms with Crippen LogP contribution in [0.1, 0.15) is 78.7 Å². The second-order valence-electron chi connectivity index (χ2n) is 16.4. The van der Waals surface area contributed by atoms with E-state index < -0.39 is 11.7 Å². The highest BCUT2D eigenvalue weighted by atomic mass is 32.1. The van der Waals surface area contributed by atoms with Crippen molar-refractivity contribution in [2.75, 3.05) is 10.6 Å². The zero-order valence-electron chi connectivity index (χ0n) is 36.5. The topological polar surface area (TPSA) is 217 Å². The minimum absolute atomic E-state index is 0.0778. The van der Waals surface area contributed by atoms with E-state index in [1.54, 1.807) is 52.7 Å². The van der Waals surface area contributed by atoms with Crippen LogP contribution in [0, 0.1) is 13.8 Å². The summed E-state index contributed by atoms with van der Waals surface area (Å²) in [6.45, 7) is 16.3. The molecule has 0 fully saturated rings. The molecular weight excluding hydrogens is 807 g/mol. The number of anilines is 4. The van der Waals surface area contributed by atoms with Gasteiger partial charge in [0, 0.05) is 67.8 Å². The van der Waals surface area contributed by atoms with Crippen LogP contribution in [-0.4, -0.2) is 72.1 Å². The van der Waals surface area contributed by atoms with Gasteiger partial charge in [0.2, 0.25) is 11.9 Å². The molecular formula is C43H51N15O3S. The number of aryl methyl sites for hydroxylation is 4. The molecule has 0 aliphatic rings.